The maximum Gasteiger partial charge on any atom is 0.339 e. The molecule has 35 heavy (non-hydrogen) atoms. The Morgan fingerprint density at radius 1 is 0.857 bits per heavy atom. The Morgan fingerprint density at radius 3 is 2.29 bits per heavy atom. The number of hydrogen-bond acceptors (Lipinski definition) is 6. The van der Waals surface area contributed by atoms with Gasteiger partial charge < -0.3 is 29.0 Å². The average Bonchev–Trinajstić information content (AvgIpc) is 2.87. The van der Waals surface area contributed by atoms with Crippen LogP contribution in [0, 0.1) is 0 Å². The summed E-state index contributed by atoms with van der Waals surface area (Å²) in [6.07, 6.45) is 0. The summed E-state index contributed by atoms with van der Waals surface area (Å²) in [6, 6.07) is 17.0. The molecule has 0 aliphatic heterocycles. The van der Waals surface area contributed by atoms with Crippen molar-refractivity contribution in [1.29, 1.82) is 0 Å². The lowest BCUT2D eigenvalue weighted by molar-refractivity contribution is -0.134. The fourth-order valence-corrected chi connectivity index (χ4v) is 3.61. The third-order valence-corrected chi connectivity index (χ3v) is 5.47. The van der Waals surface area contributed by atoms with Gasteiger partial charge in [0, 0.05) is 29.7 Å². The maximum atomic E-state index is 13.3. The van der Waals surface area contributed by atoms with Gasteiger partial charge in [0.1, 0.15) is 28.6 Å². The Bertz CT molecular complexity index is 1200. The molecule has 3 aromatic carbocycles. The summed E-state index contributed by atoms with van der Waals surface area (Å²) in [4.78, 5) is 26.4. The van der Waals surface area contributed by atoms with Crippen molar-refractivity contribution in [1.82, 2.24) is 4.90 Å². The molecule has 0 atom stereocenters. The number of carboxylic acid groups (broad SMARTS) is 1. The average molecular weight is 500 g/mol. The number of benzene rings is 3. The first-order chi connectivity index (χ1) is 16.8. The molecule has 1 amide bonds. The van der Waals surface area contributed by atoms with Crippen LogP contribution in [0.4, 0.5) is 0 Å². The number of methoxy groups -OCH3 is 3. The summed E-state index contributed by atoms with van der Waals surface area (Å²) in [5.74, 6) is 0.366. The second kappa shape index (κ2) is 12.0. The number of halogens is 1. The molecule has 9 heteroatoms. The summed E-state index contributed by atoms with van der Waals surface area (Å²) in [6.45, 7) is 0.115. The lowest BCUT2D eigenvalue weighted by Gasteiger charge is -2.24. The van der Waals surface area contributed by atoms with E-state index < -0.39 is 5.97 Å². The Kier molecular flexibility index (Phi) is 8.80. The van der Waals surface area contributed by atoms with Gasteiger partial charge in [-0.1, -0.05) is 23.7 Å². The van der Waals surface area contributed by atoms with Crippen LogP contribution in [0.1, 0.15) is 21.5 Å². The van der Waals surface area contributed by atoms with E-state index in [1.807, 2.05) is 30.3 Å². The van der Waals surface area contributed by atoms with Crippen molar-refractivity contribution < 1.29 is 33.6 Å². The largest absolute Gasteiger partial charge is 0.497 e. The number of aromatic carboxylic acids is 1. The molecule has 0 saturated carbocycles. The molecule has 0 fully saturated rings. The number of nitrogens with zero attached hydrogens (tertiary/aromatic N) is 1. The van der Waals surface area contributed by atoms with E-state index in [1.165, 1.54) is 18.2 Å². The molecule has 0 radical (unpaired) electrons. The van der Waals surface area contributed by atoms with E-state index in [0.29, 0.717) is 17.2 Å². The van der Waals surface area contributed by atoms with E-state index in [-0.39, 0.29) is 41.9 Å². The Balaban J connectivity index is 1.86. The highest BCUT2D eigenvalue weighted by atomic mass is 35.5. The molecule has 0 bridgehead atoms. The predicted molar refractivity (Wildman–Crippen MR) is 131 cm³/mol. The molecule has 0 spiro atoms. The first-order valence-corrected chi connectivity index (χ1v) is 11.0. The monoisotopic (exact) mass is 499 g/mol. The molecule has 1 N–H and O–H groups in total. The zero-order valence-electron chi connectivity index (χ0n) is 19.6. The standard InChI is InChI=1S/C26H26ClNO7/c1-32-20-6-4-5-17(11-20)14-28(15-18-7-9-21(33-2)13-24(18)34-3)25(29)16-35-23-10-8-19(27)12-22(23)26(30)31/h4-13H,14-16H2,1-3H3,(H,30,31). The molecule has 0 heterocycles. The summed E-state index contributed by atoms with van der Waals surface area (Å²) in [5.41, 5.74) is 1.49. The Labute approximate surface area is 208 Å². The van der Waals surface area contributed by atoms with Gasteiger partial charge in [0.2, 0.25) is 0 Å². The maximum absolute atomic E-state index is 13.3. The van der Waals surface area contributed by atoms with Crippen molar-refractivity contribution in [2.75, 3.05) is 27.9 Å². The molecule has 8 nitrogen and oxygen atoms in total. The van der Waals surface area contributed by atoms with Gasteiger partial charge in [-0.25, -0.2) is 4.79 Å². The van der Waals surface area contributed by atoms with Gasteiger partial charge in [0.05, 0.1) is 21.3 Å². The summed E-state index contributed by atoms with van der Waals surface area (Å²) in [5, 5.41) is 9.69. The minimum Gasteiger partial charge on any atom is -0.497 e. The highest BCUT2D eigenvalue weighted by molar-refractivity contribution is 6.31. The second-order valence-corrected chi connectivity index (χ2v) is 7.95. The molecule has 0 aromatic heterocycles. The molecular formula is C26H26ClNO7. The smallest absolute Gasteiger partial charge is 0.339 e. The van der Waals surface area contributed by atoms with E-state index in [4.69, 9.17) is 30.5 Å². The molecule has 0 aliphatic rings. The van der Waals surface area contributed by atoms with Crippen LogP contribution in [0.25, 0.3) is 0 Å². The van der Waals surface area contributed by atoms with Crippen LogP contribution in [0.5, 0.6) is 23.0 Å². The first-order valence-electron chi connectivity index (χ1n) is 10.6. The van der Waals surface area contributed by atoms with Crippen LogP contribution < -0.4 is 18.9 Å². The number of rotatable bonds is 11. The van der Waals surface area contributed by atoms with E-state index in [1.54, 1.807) is 38.4 Å². The van der Waals surface area contributed by atoms with E-state index in [9.17, 15) is 14.7 Å². The molecule has 184 valence electrons. The van der Waals surface area contributed by atoms with Crippen molar-refractivity contribution in [3.63, 3.8) is 0 Å². The van der Waals surface area contributed by atoms with Crippen molar-refractivity contribution in [2.45, 2.75) is 13.1 Å². The Morgan fingerprint density at radius 2 is 1.60 bits per heavy atom. The first kappa shape index (κ1) is 25.7. The van der Waals surface area contributed by atoms with E-state index in [0.717, 1.165) is 11.1 Å². The highest BCUT2D eigenvalue weighted by Gasteiger charge is 2.20. The SMILES string of the molecule is COc1cccc(CN(Cc2ccc(OC)cc2OC)C(=O)COc2ccc(Cl)cc2C(=O)O)c1. The van der Waals surface area contributed by atoms with Crippen molar-refractivity contribution >= 4 is 23.5 Å². The normalized spacial score (nSPS) is 10.4. The molecule has 0 aliphatic carbocycles. The third kappa shape index (κ3) is 6.80. The van der Waals surface area contributed by atoms with Gasteiger partial charge in [0.25, 0.3) is 5.91 Å². The lowest BCUT2D eigenvalue weighted by Crippen LogP contribution is -2.34. The van der Waals surface area contributed by atoms with Gasteiger partial charge in [-0.3, -0.25) is 4.79 Å². The molecule has 0 unspecified atom stereocenters. The van der Waals surface area contributed by atoms with Gasteiger partial charge in [-0.05, 0) is 48.0 Å². The predicted octanol–water partition coefficient (Wildman–Crippen LogP) is 4.67. The third-order valence-electron chi connectivity index (χ3n) is 5.24. The molecular weight excluding hydrogens is 474 g/mol. The lowest BCUT2D eigenvalue weighted by atomic mass is 10.1. The topological polar surface area (TPSA) is 94.5 Å². The van der Waals surface area contributed by atoms with Crippen molar-refractivity contribution in [2.24, 2.45) is 0 Å². The van der Waals surface area contributed by atoms with Gasteiger partial charge in [0.15, 0.2) is 6.61 Å². The van der Waals surface area contributed by atoms with Gasteiger partial charge in [-0.15, -0.1) is 0 Å². The molecule has 3 aromatic rings. The van der Waals surface area contributed by atoms with Gasteiger partial charge in [-0.2, -0.15) is 0 Å². The fourth-order valence-electron chi connectivity index (χ4n) is 3.44. The second-order valence-electron chi connectivity index (χ2n) is 7.51. The fraction of sp³-hybridized carbons (Fsp3) is 0.231. The highest BCUT2D eigenvalue weighted by Crippen LogP contribution is 2.27. The molecule has 0 saturated heterocycles. The van der Waals surface area contributed by atoms with Crippen molar-refractivity contribution in [3.05, 3.63) is 82.4 Å². The van der Waals surface area contributed by atoms with Crippen LogP contribution in [-0.4, -0.2) is 49.8 Å². The number of hydrogen-bond donors (Lipinski definition) is 1. The van der Waals surface area contributed by atoms with Crippen LogP contribution in [0.15, 0.2) is 60.7 Å². The quantitative estimate of drug-likeness (QED) is 0.409. The number of amides is 1. The summed E-state index contributed by atoms with van der Waals surface area (Å²) < 4.78 is 21.7. The van der Waals surface area contributed by atoms with Gasteiger partial charge >= 0.3 is 5.97 Å². The number of carbonyl (C=O) groups is 2. The van der Waals surface area contributed by atoms with Crippen LogP contribution >= 0.6 is 11.6 Å². The van der Waals surface area contributed by atoms with Crippen LogP contribution in [0.2, 0.25) is 5.02 Å². The van der Waals surface area contributed by atoms with Crippen molar-refractivity contribution in [3.8, 4) is 23.0 Å². The minimum absolute atomic E-state index is 0.0543. The van der Waals surface area contributed by atoms with E-state index in [2.05, 4.69) is 0 Å². The molecule has 3 rings (SSSR count). The number of carbonyl (C=O) groups excluding carboxylic acids is 1. The zero-order valence-corrected chi connectivity index (χ0v) is 20.4. The van der Waals surface area contributed by atoms with Crippen LogP contribution in [-0.2, 0) is 17.9 Å². The zero-order chi connectivity index (χ0) is 25.4. The van der Waals surface area contributed by atoms with E-state index >= 15 is 0 Å². The minimum atomic E-state index is -1.20. The Hall–Kier alpha value is -3.91. The summed E-state index contributed by atoms with van der Waals surface area (Å²) in [7, 11) is 4.68. The summed E-state index contributed by atoms with van der Waals surface area (Å²) >= 11 is 5.90. The number of carboxylic acids is 1. The van der Waals surface area contributed by atoms with Crippen LogP contribution in [0.3, 0.4) is 0 Å². The number of ether oxygens (including phenoxy) is 4.